The highest BCUT2D eigenvalue weighted by Crippen LogP contribution is 2.36. The third-order valence-corrected chi connectivity index (χ3v) is 9.44. The molecular weight excluding hydrogens is 512 g/mol. The highest BCUT2D eigenvalue weighted by Gasteiger charge is 2.53. The SMILES string of the molecule is CCCCN1C(=O)[C@H](CC2CCCCC2)NC(=O)C12CCN(Cc1ccc(Oc3ccc(N(C)C)cc3)cc1)CC2. The van der Waals surface area contributed by atoms with Gasteiger partial charge < -0.3 is 19.9 Å². The number of rotatable bonds is 10. The van der Waals surface area contributed by atoms with Crippen LogP contribution < -0.4 is 15.0 Å². The molecule has 1 N–H and O–H groups in total. The number of unbranched alkanes of at least 4 members (excludes halogenated alkanes) is 1. The monoisotopic (exact) mass is 560 g/mol. The van der Waals surface area contributed by atoms with Crippen LogP contribution in [0.1, 0.15) is 76.7 Å². The van der Waals surface area contributed by atoms with E-state index in [1.54, 1.807) is 0 Å². The van der Waals surface area contributed by atoms with Gasteiger partial charge in [0.1, 0.15) is 23.1 Å². The van der Waals surface area contributed by atoms with Crippen LogP contribution in [0.15, 0.2) is 48.5 Å². The standard InChI is InChI=1S/C34H48N4O3/c1-4-5-21-38-32(39)31(24-26-9-7-6-8-10-26)35-33(40)34(38)19-22-37(23-20-34)25-27-11-15-29(16-12-27)41-30-17-13-28(14-18-30)36(2)3/h11-18,26,31H,4-10,19-25H2,1-3H3,(H,35,40)/t31-/m0/s1. The molecule has 7 nitrogen and oxygen atoms in total. The summed E-state index contributed by atoms with van der Waals surface area (Å²) in [5.41, 5.74) is 1.65. The van der Waals surface area contributed by atoms with Crippen molar-refractivity contribution < 1.29 is 14.3 Å². The number of hydrogen-bond donors (Lipinski definition) is 1. The van der Waals surface area contributed by atoms with Crippen molar-refractivity contribution >= 4 is 17.5 Å². The lowest BCUT2D eigenvalue weighted by molar-refractivity contribution is -0.162. The van der Waals surface area contributed by atoms with Crippen LogP contribution in [0.5, 0.6) is 11.5 Å². The molecule has 1 spiro atoms. The van der Waals surface area contributed by atoms with Gasteiger partial charge in [-0.2, -0.15) is 0 Å². The van der Waals surface area contributed by atoms with Gasteiger partial charge in [0.05, 0.1) is 0 Å². The van der Waals surface area contributed by atoms with Crippen molar-refractivity contribution in [2.75, 3.05) is 38.6 Å². The number of carbonyl (C=O) groups is 2. The first kappa shape index (κ1) is 29.4. The Bertz CT molecular complexity index is 1150. The van der Waals surface area contributed by atoms with Gasteiger partial charge in [-0.05, 0) is 73.6 Å². The predicted molar refractivity (Wildman–Crippen MR) is 164 cm³/mol. The summed E-state index contributed by atoms with van der Waals surface area (Å²) in [5.74, 6) is 2.43. The number of amides is 2. The van der Waals surface area contributed by atoms with Gasteiger partial charge in [0.15, 0.2) is 0 Å². The van der Waals surface area contributed by atoms with E-state index in [-0.39, 0.29) is 17.9 Å². The maximum atomic E-state index is 13.8. The lowest BCUT2D eigenvalue weighted by Crippen LogP contribution is -2.73. The van der Waals surface area contributed by atoms with Crippen molar-refractivity contribution in [2.45, 2.75) is 89.3 Å². The van der Waals surface area contributed by atoms with Crippen LogP contribution in [0.3, 0.4) is 0 Å². The summed E-state index contributed by atoms with van der Waals surface area (Å²) in [5, 5.41) is 3.21. The zero-order chi connectivity index (χ0) is 28.8. The normalized spacial score (nSPS) is 21.6. The van der Waals surface area contributed by atoms with E-state index in [0.29, 0.717) is 25.3 Å². The van der Waals surface area contributed by atoms with E-state index in [1.807, 2.05) is 55.4 Å². The largest absolute Gasteiger partial charge is 0.457 e. The molecule has 7 heteroatoms. The quantitative estimate of drug-likeness (QED) is 0.388. The van der Waals surface area contributed by atoms with Gasteiger partial charge >= 0.3 is 0 Å². The fraction of sp³-hybridized carbons (Fsp3) is 0.588. The van der Waals surface area contributed by atoms with E-state index in [1.165, 1.54) is 37.7 Å². The molecule has 0 radical (unpaired) electrons. The van der Waals surface area contributed by atoms with Gasteiger partial charge in [0.2, 0.25) is 11.8 Å². The second-order valence-corrected chi connectivity index (χ2v) is 12.6. The molecule has 5 rings (SSSR count). The molecule has 1 atom stereocenters. The maximum Gasteiger partial charge on any atom is 0.246 e. The van der Waals surface area contributed by atoms with Crippen molar-refractivity contribution in [3.8, 4) is 11.5 Å². The summed E-state index contributed by atoms with van der Waals surface area (Å²) >= 11 is 0. The van der Waals surface area contributed by atoms with Crippen LogP contribution in [0, 0.1) is 5.92 Å². The van der Waals surface area contributed by atoms with Crippen LogP contribution >= 0.6 is 0 Å². The molecule has 1 saturated carbocycles. The third kappa shape index (κ3) is 6.88. The number of piperidine rings is 1. The van der Waals surface area contributed by atoms with E-state index >= 15 is 0 Å². The minimum absolute atomic E-state index is 0.0776. The highest BCUT2D eigenvalue weighted by molar-refractivity contribution is 6.00. The second kappa shape index (κ2) is 13.3. The van der Waals surface area contributed by atoms with Crippen molar-refractivity contribution in [1.29, 1.82) is 0 Å². The molecule has 2 aromatic carbocycles. The average Bonchev–Trinajstić information content (AvgIpc) is 2.99. The molecular formula is C34H48N4O3. The molecule has 0 aromatic heterocycles. The predicted octanol–water partition coefficient (Wildman–Crippen LogP) is 5.98. The fourth-order valence-corrected chi connectivity index (χ4v) is 6.88. The number of hydrogen-bond acceptors (Lipinski definition) is 5. The van der Waals surface area contributed by atoms with Crippen molar-refractivity contribution in [1.82, 2.24) is 15.1 Å². The van der Waals surface area contributed by atoms with E-state index in [9.17, 15) is 9.59 Å². The van der Waals surface area contributed by atoms with Crippen LogP contribution in [-0.2, 0) is 16.1 Å². The summed E-state index contributed by atoms with van der Waals surface area (Å²) in [7, 11) is 4.05. The second-order valence-electron chi connectivity index (χ2n) is 12.6. The molecule has 2 aromatic rings. The van der Waals surface area contributed by atoms with Gasteiger partial charge in [-0.3, -0.25) is 14.5 Å². The van der Waals surface area contributed by atoms with Crippen LogP contribution in [0.25, 0.3) is 0 Å². The Hall–Kier alpha value is -3.06. The summed E-state index contributed by atoms with van der Waals surface area (Å²) in [6.07, 6.45) is 10.3. The molecule has 0 bridgehead atoms. The molecule has 2 saturated heterocycles. The maximum absolute atomic E-state index is 13.8. The van der Waals surface area contributed by atoms with Gasteiger partial charge in [0, 0.05) is 46.0 Å². The number of nitrogens with one attached hydrogen (secondary N) is 1. The number of likely N-dealkylation sites (tertiary alicyclic amines) is 1. The van der Waals surface area contributed by atoms with Crippen LogP contribution in [-0.4, -0.2) is 66.9 Å². The summed E-state index contributed by atoms with van der Waals surface area (Å²) < 4.78 is 6.04. The fourth-order valence-electron chi connectivity index (χ4n) is 6.88. The molecule has 3 aliphatic rings. The Labute approximate surface area is 246 Å². The number of piperazine rings is 1. The average molecular weight is 561 g/mol. The number of nitrogens with zero attached hydrogens (tertiary/aromatic N) is 3. The first-order valence-electron chi connectivity index (χ1n) is 15.8. The molecule has 41 heavy (non-hydrogen) atoms. The smallest absolute Gasteiger partial charge is 0.246 e. The van der Waals surface area contributed by atoms with E-state index in [4.69, 9.17) is 4.74 Å². The highest BCUT2D eigenvalue weighted by atomic mass is 16.5. The number of carbonyl (C=O) groups excluding carboxylic acids is 2. The Morgan fingerprint density at radius 3 is 2.17 bits per heavy atom. The van der Waals surface area contributed by atoms with Crippen molar-refractivity contribution in [2.24, 2.45) is 5.92 Å². The Morgan fingerprint density at radius 1 is 0.927 bits per heavy atom. The minimum atomic E-state index is -0.703. The van der Waals surface area contributed by atoms with Gasteiger partial charge in [-0.25, -0.2) is 0 Å². The molecule has 222 valence electrons. The molecule has 2 aliphatic heterocycles. The molecule has 2 heterocycles. The zero-order valence-corrected chi connectivity index (χ0v) is 25.2. The van der Waals surface area contributed by atoms with Gasteiger partial charge in [0.25, 0.3) is 0 Å². The topological polar surface area (TPSA) is 65.1 Å². The lowest BCUT2D eigenvalue weighted by atomic mass is 9.79. The number of ether oxygens (including phenoxy) is 1. The summed E-state index contributed by atoms with van der Waals surface area (Å²) in [6.45, 7) is 5.26. The molecule has 2 amide bonds. The van der Waals surface area contributed by atoms with Gasteiger partial charge in [-0.1, -0.05) is 57.6 Å². The van der Waals surface area contributed by atoms with Crippen LogP contribution in [0.4, 0.5) is 5.69 Å². The summed E-state index contributed by atoms with van der Waals surface area (Å²) in [6, 6.07) is 16.0. The van der Waals surface area contributed by atoms with Crippen molar-refractivity contribution in [3.63, 3.8) is 0 Å². The zero-order valence-electron chi connectivity index (χ0n) is 25.2. The minimum Gasteiger partial charge on any atom is -0.457 e. The first-order valence-corrected chi connectivity index (χ1v) is 15.8. The number of anilines is 1. The molecule has 3 fully saturated rings. The van der Waals surface area contributed by atoms with E-state index in [0.717, 1.165) is 56.1 Å². The molecule has 1 aliphatic carbocycles. The third-order valence-electron chi connectivity index (χ3n) is 9.44. The van der Waals surface area contributed by atoms with E-state index < -0.39 is 5.54 Å². The molecule has 0 unspecified atom stereocenters. The van der Waals surface area contributed by atoms with Crippen LogP contribution in [0.2, 0.25) is 0 Å². The Morgan fingerprint density at radius 2 is 1.56 bits per heavy atom. The van der Waals surface area contributed by atoms with E-state index in [2.05, 4.69) is 34.2 Å². The van der Waals surface area contributed by atoms with Gasteiger partial charge in [-0.15, -0.1) is 0 Å². The number of benzene rings is 2. The van der Waals surface area contributed by atoms with Crippen molar-refractivity contribution in [3.05, 3.63) is 54.1 Å². The Balaban J connectivity index is 1.18. The first-order chi connectivity index (χ1) is 19.9. The summed E-state index contributed by atoms with van der Waals surface area (Å²) in [4.78, 5) is 34.0. The lowest BCUT2D eigenvalue weighted by Gasteiger charge is -2.52. The Kier molecular flexibility index (Phi) is 9.53.